The van der Waals surface area contributed by atoms with Gasteiger partial charge in [-0.05, 0) is 47.5 Å². The number of anilines is 1. The first-order valence-corrected chi connectivity index (χ1v) is 9.77. The number of hydrogen-bond donors (Lipinski definition) is 1. The molecule has 3 aromatic heterocycles. The Bertz CT molecular complexity index is 1420. The van der Waals surface area contributed by atoms with Gasteiger partial charge in [-0.1, -0.05) is 6.07 Å². The van der Waals surface area contributed by atoms with Crippen LogP contribution in [0.4, 0.5) is 14.5 Å². The first-order valence-electron chi connectivity index (χ1n) is 9.77. The fraction of sp³-hybridized carbons (Fsp3) is 0.0833. The summed E-state index contributed by atoms with van der Waals surface area (Å²) in [6.07, 6.45) is 7.51. The quantitative estimate of drug-likeness (QED) is 0.428. The van der Waals surface area contributed by atoms with Crippen LogP contribution < -0.4 is 5.32 Å². The number of aromatic nitrogens is 4. The molecule has 3 heterocycles. The first kappa shape index (κ1) is 19.0. The third-order valence-electron chi connectivity index (χ3n) is 5.33. The van der Waals surface area contributed by atoms with Crippen molar-refractivity contribution in [3.63, 3.8) is 0 Å². The lowest BCUT2D eigenvalue weighted by molar-refractivity contribution is 0.585. The highest BCUT2D eigenvalue weighted by Gasteiger charge is 2.13. The summed E-state index contributed by atoms with van der Waals surface area (Å²) in [7, 11) is 3.69. The Morgan fingerprint density at radius 2 is 1.58 bits per heavy atom. The van der Waals surface area contributed by atoms with Crippen LogP contribution in [-0.4, -0.2) is 26.4 Å². The minimum atomic E-state index is -0.599. The Hall–Kier alpha value is -4.00. The molecule has 0 aliphatic rings. The maximum atomic E-state index is 14.4. The highest BCUT2D eigenvalue weighted by atomic mass is 19.1. The van der Waals surface area contributed by atoms with Gasteiger partial charge in [-0.2, -0.15) is 10.2 Å². The van der Waals surface area contributed by atoms with Crippen molar-refractivity contribution in [3.8, 4) is 33.4 Å². The van der Waals surface area contributed by atoms with Gasteiger partial charge >= 0.3 is 0 Å². The molecule has 2 aromatic carbocycles. The number of aryl methyl sites for hydroxylation is 1. The minimum absolute atomic E-state index is 0.343. The number of fused-ring (bicyclic) bond motifs is 1. The van der Waals surface area contributed by atoms with Crippen molar-refractivity contribution in [2.24, 2.45) is 7.05 Å². The van der Waals surface area contributed by atoms with Crippen LogP contribution in [0.3, 0.4) is 0 Å². The van der Waals surface area contributed by atoms with Gasteiger partial charge in [0.25, 0.3) is 0 Å². The summed E-state index contributed by atoms with van der Waals surface area (Å²) in [5.74, 6) is -1.20. The Balaban J connectivity index is 1.62. The third-order valence-corrected chi connectivity index (χ3v) is 5.33. The van der Waals surface area contributed by atoms with E-state index in [1.54, 1.807) is 17.9 Å². The lowest BCUT2D eigenvalue weighted by atomic mass is 9.98. The zero-order chi connectivity index (χ0) is 21.5. The molecular formula is C24H19F2N5. The second kappa shape index (κ2) is 7.36. The Kier molecular flexibility index (Phi) is 4.51. The number of pyridine rings is 1. The van der Waals surface area contributed by atoms with E-state index in [0.717, 1.165) is 39.5 Å². The van der Waals surface area contributed by atoms with Gasteiger partial charge in [-0.25, -0.2) is 13.3 Å². The summed E-state index contributed by atoms with van der Waals surface area (Å²) in [4.78, 5) is 0. The van der Waals surface area contributed by atoms with Gasteiger partial charge in [0.2, 0.25) is 0 Å². The molecule has 0 saturated heterocycles. The number of nitrogens with zero attached hydrogens (tertiary/aromatic N) is 4. The first-order chi connectivity index (χ1) is 15.0. The summed E-state index contributed by atoms with van der Waals surface area (Å²) in [6.45, 7) is 0. The fourth-order valence-corrected chi connectivity index (χ4v) is 3.75. The average molecular weight is 415 g/mol. The van der Waals surface area contributed by atoms with E-state index >= 15 is 0 Å². The van der Waals surface area contributed by atoms with Crippen molar-refractivity contribution >= 4 is 11.2 Å². The van der Waals surface area contributed by atoms with E-state index in [1.165, 1.54) is 12.1 Å². The molecule has 0 fully saturated rings. The van der Waals surface area contributed by atoms with Crippen LogP contribution in [0.1, 0.15) is 0 Å². The van der Waals surface area contributed by atoms with E-state index in [0.29, 0.717) is 11.1 Å². The van der Waals surface area contributed by atoms with Crippen LogP contribution in [-0.2, 0) is 7.05 Å². The van der Waals surface area contributed by atoms with Gasteiger partial charge in [-0.15, -0.1) is 0 Å². The zero-order valence-electron chi connectivity index (χ0n) is 17.0. The number of nitrogens with one attached hydrogen (secondary N) is 1. The van der Waals surface area contributed by atoms with Crippen molar-refractivity contribution in [1.82, 2.24) is 19.4 Å². The van der Waals surface area contributed by atoms with Gasteiger partial charge in [0, 0.05) is 60.5 Å². The second-order valence-electron chi connectivity index (χ2n) is 7.38. The van der Waals surface area contributed by atoms with Crippen molar-refractivity contribution in [1.29, 1.82) is 0 Å². The SMILES string of the molecule is CNc1cc(-c2ccc(F)cc2F)cc(-c2cnn3cc(-c4cnn(C)c4)ccc23)c1. The van der Waals surface area contributed by atoms with Gasteiger partial charge in [-0.3, -0.25) is 4.68 Å². The minimum Gasteiger partial charge on any atom is -0.388 e. The molecular weight excluding hydrogens is 396 g/mol. The Labute approximate surface area is 177 Å². The molecule has 0 radical (unpaired) electrons. The molecule has 0 saturated carbocycles. The van der Waals surface area contributed by atoms with Crippen molar-refractivity contribution < 1.29 is 8.78 Å². The number of benzene rings is 2. The van der Waals surface area contributed by atoms with E-state index in [-0.39, 0.29) is 0 Å². The molecule has 31 heavy (non-hydrogen) atoms. The normalized spacial score (nSPS) is 11.2. The van der Waals surface area contributed by atoms with E-state index in [2.05, 4.69) is 15.5 Å². The topological polar surface area (TPSA) is 47.1 Å². The molecule has 5 nitrogen and oxygen atoms in total. The molecule has 0 aliphatic carbocycles. The molecule has 1 N–H and O–H groups in total. The monoisotopic (exact) mass is 415 g/mol. The van der Waals surface area contributed by atoms with Gasteiger partial charge in [0.05, 0.1) is 17.9 Å². The summed E-state index contributed by atoms with van der Waals surface area (Å²) >= 11 is 0. The van der Waals surface area contributed by atoms with Crippen LogP contribution in [0, 0.1) is 11.6 Å². The van der Waals surface area contributed by atoms with Crippen molar-refractivity contribution in [2.45, 2.75) is 0 Å². The molecule has 5 aromatic rings. The fourth-order valence-electron chi connectivity index (χ4n) is 3.75. The highest BCUT2D eigenvalue weighted by Crippen LogP contribution is 2.34. The summed E-state index contributed by atoms with van der Waals surface area (Å²) in [5, 5.41) is 11.9. The van der Waals surface area contributed by atoms with Crippen LogP contribution in [0.25, 0.3) is 38.9 Å². The second-order valence-corrected chi connectivity index (χ2v) is 7.38. The molecule has 5 rings (SSSR count). The van der Waals surface area contributed by atoms with Crippen LogP contribution in [0.5, 0.6) is 0 Å². The van der Waals surface area contributed by atoms with E-state index in [4.69, 9.17) is 0 Å². The molecule has 0 aliphatic heterocycles. The number of hydrogen-bond acceptors (Lipinski definition) is 3. The molecule has 0 unspecified atom stereocenters. The largest absolute Gasteiger partial charge is 0.388 e. The van der Waals surface area contributed by atoms with E-state index < -0.39 is 11.6 Å². The van der Waals surface area contributed by atoms with E-state index in [1.807, 2.05) is 60.5 Å². The molecule has 154 valence electrons. The summed E-state index contributed by atoms with van der Waals surface area (Å²) in [6, 6.07) is 13.4. The van der Waals surface area contributed by atoms with E-state index in [9.17, 15) is 8.78 Å². The molecule has 0 amide bonds. The van der Waals surface area contributed by atoms with Crippen molar-refractivity contribution in [2.75, 3.05) is 12.4 Å². The third kappa shape index (κ3) is 3.44. The van der Waals surface area contributed by atoms with Crippen LogP contribution in [0.15, 0.2) is 73.3 Å². The summed E-state index contributed by atoms with van der Waals surface area (Å²) < 4.78 is 31.4. The van der Waals surface area contributed by atoms with Crippen LogP contribution in [0.2, 0.25) is 0 Å². The Morgan fingerprint density at radius 3 is 2.29 bits per heavy atom. The highest BCUT2D eigenvalue weighted by molar-refractivity contribution is 5.86. The molecule has 0 atom stereocenters. The predicted octanol–water partition coefficient (Wildman–Crippen LogP) is 5.39. The number of halogens is 2. The standard InChI is InChI=1S/C24H19F2N5/c1-27-20-8-16(21-5-4-19(25)10-23(21)26)7-17(9-20)22-12-29-31-14-15(3-6-24(22)31)18-11-28-30(2)13-18/h3-14,27H,1-2H3. The summed E-state index contributed by atoms with van der Waals surface area (Å²) in [5.41, 5.74) is 6.56. The molecule has 0 bridgehead atoms. The maximum absolute atomic E-state index is 14.4. The van der Waals surface area contributed by atoms with Crippen molar-refractivity contribution in [3.05, 3.63) is 85.0 Å². The smallest absolute Gasteiger partial charge is 0.133 e. The lowest BCUT2D eigenvalue weighted by Gasteiger charge is -2.11. The van der Waals surface area contributed by atoms with Gasteiger partial charge < -0.3 is 5.32 Å². The van der Waals surface area contributed by atoms with Crippen LogP contribution >= 0.6 is 0 Å². The predicted molar refractivity (Wildman–Crippen MR) is 118 cm³/mol. The zero-order valence-corrected chi connectivity index (χ0v) is 17.0. The molecule has 0 spiro atoms. The lowest BCUT2D eigenvalue weighted by Crippen LogP contribution is -1.93. The molecule has 7 heteroatoms. The average Bonchev–Trinajstić information content (AvgIpc) is 3.39. The van der Waals surface area contributed by atoms with Gasteiger partial charge in [0.15, 0.2) is 0 Å². The van der Waals surface area contributed by atoms with Gasteiger partial charge in [0.1, 0.15) is 11.6 Å². The maximum Gasteiger partial charge on any atom is 0.133 e. The Morgan fingerprint density at radius 1 is 0.774 bits per heavy atom. The number of rotatable bonds is 4.